The van der Waals surface area contributed by atoms with Crippen molar-refractivity contribution in [3.8, 4) is 0 Å². The number of amides is 1. The average molecular weight is 428 g/mol. The first-order valence-electron chi connectivity index (χ1n) is 9.62. The molecule has 2 aromatic heterocycles. The summed E-state index contributed by atoms with van der Waals surface area (Å²) >= 11 is 0. The van der Waals surface area contributed by atoms with Crippen molar-refractivity contribution < 1.29 is 18.0 Å². The lowest BCUT2D eigenvalue weighted by atomic mass is 10.1. The zero-order valence-corrected chi connectivity index (χ0v) is 16.4. The van der Waals surface area contributed by atoms with Gasteiger partial charge in [-0.05, 0) is 30.3 Å². The Morgan fingerprint density at radius 3 is 2.26 bits per heavy atom. The standard InChI is InChI=1S/C21H19F3N6O/c22-21(23,24)16-5-3-4-15(12-16)19(31)28-17-13-26-20(27-14-17)30-10-8-29(9-11-30)18-6-1-2-7-25-18/h1-7,12-14H,8-11H2,(H,28,31). The number of aromatic nitrogens is 3. The molecule has 1 fully saturated rings. The minimum atomic E-state index is -4.51. The Kier molecular flexibility index (Phi) is 5.70. The highest BCUT2D eigenvalue weighted by Crippen LogP contribution is 2.29. The van der Waals surface area contributed by atoms with E-state index in [1.54, 1.807) is 6.20 Å². The molecule has 1 aromatic carbocycles. The van der Waals surface area contributed by atoms with E-state index in [-0.39, 0.29) is 5.56 Å². The van der Waals surface area contributed by atoms with Crippen LogP contribution < -0.4 is 15.1 Å². The van der Waals surface area contributed by atoms with Crippen molar-refractivity contribution >= 4 is 23.4 Å². The highest BCUT2D eigenvalue weighted by Gasteiger charge is 2.31. The minimum absolute atomic E-state index is 0.0930. The summed E-state index contributed by atoms with van der Waals surface area (Å²) in [5, 5.41) is 2.53. The molecule has 7 nitrogen and oxygen atoms in total. The van der Waals surface area contributed by atoms with Crippen molar-refractivity contribution in [2.45, 2.75) is 6.18 Å². The fourth-order valence-electron chi connectivity index (χ4n) is 3.27. The van der Waals surface area contributed by atoms with Gasteiger partial charge in [-0.2, -0.15) is 13.2 Å². The van der Waals surface area contributed by atoms with Gasteiger partial charge in [0.25, 0.3) is 5.91 Å². The van der Waals surface area contributed by atoms with Crippen molar-refractivity contribution in [2.24, 2.45) is 0 Å². The molecule has 1 saturated heterocycles. The first kappa shape index (κ1) is 20.6. The second-order valence-electron chi connectivity index (χ2n) is 6.97. The van der Waals surface area contributed by atoms with Gasteiger partial charge in [-0.3, -0.25) is 4.79 Å². The number of piperazine rings is 1. The van der Waals surface area contributed by atoms with Crippen molar-refractivity contribution in [3.63, 3.8) is 0 Å². The van der Waals surface area contributed by atoms with Crippen molar-refractivity contribution in [1.29, 1.82) is 0 Å². The SMILES string of the molecule is O=C(Nc1cnc(N2CCN(c3ccccn3)CC2)nc1)c1cccc(C(F)(F)F)c1. The van der Waals surface area contributed by atoms with E-state index < -0.39 is 17.6 Å². The third kappa shape index (κ3) is 4.90. The van der Waals surface area contributed by atoms with Crippen molar-refractivity contribution in [3.05, 3.63) is 72.2 Å². The highest BCUT2D eigenvalue weighted by atomic mass is 19.4. The van der Waals surface area contributed by atoms with Gasteiger partial charge in [0.1, 0.15) is 5.82 Å². The van der Waals surface area contributed by atoms with E-state index in [0.717, 1.165) is 31.0 Å². The van der Waals surface area contributed by atoms with Gasteiger partial charge in [0.15, 0.2) is 0 Å². The average Bonchev–Trinajstić information content (AvgIpc) is 2.80. The van der Waals surface area contributed by atoms with E-state index in [0.29, 0.717) is 24.7 Å². The number of carbonyl (C=O) groups excluding carboxylic acids is 1. The molecule has 1 aliphatic heterocycles. The summed E-state index contributed by atoms with van der Waals surface area (Å²) in [7, 11) is 0. The Balaban J connectivity index is 1.36. The maximum absolute atomic E-state index is 12.8. The van der Waals surface area contributed by atoms with E-state index in [9.17, 15) is 18.0 Å². The number of nitrogens with zero attached hydrogens (tertiary/aromatic N) is 5. The van der Waals surface area contributed by atoms with Crippen LogP contribution in [0.5, 0.6) is 0 Å². The Morgan fingerprint density at radius 1 is 0.903 bits per heavy atom. The summed E-state index contributed by atoms with van der Waals surface area (Å²) in [6.07, 6.45) is 0.136. The summed E-state index contributed by atoms with van der Waals surface area (Å²) in [5.41, 5.74) is -0.667. The van der Waals surface area contributed by atoms with E-state index in [4.69, 9.17) is 0 Å². The number of carbonyl (C=O) groups is 1. The number of benzene rings is 1. The van der Waals surface area contributed by atoms with Crippen LogP contribution in [0.15, 0.2) is 61.1 Å². The molecule has 1 aliphatic rings. The normalized spacial score (nSPS) is 14.4. The molecule has 0 atom stereocenters. The van der Waals surface area contributed by atoms with E-state index in [1.165, 1.54) is 24.5 Å². The largest absolute Gasteiger partial charge is 0.416 e. The van der Waals surface area contributed by atoms with E-state index in [2.05, 4.69) is 25.2 Å². The van der Waals surface area contributed by atoms with Crippen LogP contribution in [0.3, 0.4) is 0 Å². The molecule has 0 radical (unpaired) electrons. The first-order valence-corrected chi connectivity index (χ1v) is 9.62. The van der Waals surface area contributed by atoms with Crippen LogP contribution in [-0.2, 0) is 6.18 Å². The van der Waals surface area contributed by atoms with Crippen LogP contribution in [0.4, 0.5) is 30.6 Å². The van der Waals surface area contributed by atoms with Gasteiger partial charge in [-0.25, -0.2) is 15.0 Å². The molecule has 31 heavy (non-hydrogen) atoms. The molecule has 0 bridgehead atoms. The number of pyridine rings is 1. The summed E-state index contributed by atoms with van der Waals surface area (Å²) in [6, 6.07) is 10.0. The zero-order chi connectivity index (χ0) is 21.8. The summed E-state index contributed by atoms with van der Waals surface area (Å²) < 4.78 is 38.5. The van der Waals surface area contributed by atoms with E-state index >= 15 is 0 Å². The predicted molar refractivity (Wildman–Crippen MR) is 110 cm³/mol. The van der Waals surface area contributed by atoms with Crippen LogP contribution in [-0.4, -0.2) is 47.0 Å². The summed E-state index contributed by atoms with van der Waals surface area (Å²) in [4.78, 5) is 29.4. The quantitative estimate of drug-likeness (QED) is 0.686. The third-order valence-electron chi connectivity index (χ3n) is 4.88. The molecular weight excluding hydrogens is 409 g/mol. The van der Waals surface area contributed by atoms with Crippen LogP contribution in [0.2, 0.25) is 0 Å². The van der Waals surface area contributed by atoms with Gasteiger partial charge >= 0.3 is 6.18 Å². The molecule has 3 heterocycles. The number of anilines is 3. The number of rotatable bonds is 4. The smallest absolute Gasteiger partial charge is 0.353 e. The summed E-state index contributed by atoms with van der Waals surface area (Å²) in [6.45, 7) is 2.97. The van der Waals surface area contributed by atoms with Crippen LogP contribution >= 0.6 is 0 Å². The first-order chi connectivity index (χ1) is 14.9. The maximum atomic E-state index is 12.8. The third-order valence-corrected chi connectivity index (χ3v) is 4.88. The Bertz CT molecular complexity index is 1030. The predicted octanol–water partition coefficient (Wildman–Crippen LogP) is 3.47. The number of nitrogens with one attached hydrogen (secondary N) is 1. The second-order valence-corrected chi connectivity index (χ2v) is 6.97. The minimum Gasteiger partial charge on any atom is -0.353 e. The van der Waals surface area contributed by atoms with Crippen LogP contribution in [0.25, 0.3) is 0 Å². The topological polar surface area (TPSA) is 74.2 Å². The molecule has 1 amide bonds. The number of hydrogen-bond acceptors (Lipinski definition) is 6. The molecule has 3 aromatic rings. The van der Waals surface area contributed by atoms with Gasteiger partial charge in [-0.1, -0.05) is 12.1 Å². The monoisotopic (exact) mass is 428 g/mol. The second kappa shape index (κ2) is 8.58. The van der Waals surface area contributed by atoms with Crippen LogP contribution in [0, 0.1) is 0 Å². The van der Waals surface area contributed by atoms with Gasteiger partial charge in [-0.15, -0.1) is 0 Å². The number of hydrogen-bond donors (Lipinski definition) is 1. The zero-order valence-electron chi connectivity index (χ0n) is 16.4. The Labute approximate surface area is 176 Å². The van der Waals surface area contributed by atoms with Gasteiger partial charge < -0.3 is 15.1 Å². The number of halogens is 3. The lowest BCUT2D eigenvalue weighted by Crippen LogP contribution is -2.47. The molecule has 4 rings (SSSR count). The lowest BCUT2D eigenvalue weighted by Gasteiger charge is -2.35. The maximum Gasteiger partial charge on any atom is 0.416 e. The Hall–Kier alpha value is -3.69. The molecule has 0 saturated carbocycles. The molecule has 0 unspecified atom stereocenters. The van der Waals surface area contributed by atoms with Crippen LogP contribution in [0.1, 0.15) is 15.9 Å². The molecular formula is C21H19F3N6O. The fourth-order valence-corrected chi connectivity index (χ4v) is 3.27. The molecule has 10 heteroatoms. The van der Waals surface area contributed by atoms with Gasteiger partial charge in [0, 0.05) is 37.9 Å². The van der Waals surface area contributed by atoms with E-state index in [1.807, 2.05) is 23.1 Å². The molecule has 0 aliphatic carbocycles. The van der Waals surface area contributed by atoms with Gasteiger partial charge in [0.05, 0.1) is 23.6 Å². The van der Waals surface area contributed by atoms with Crippen molar-refractivity contribution in [2.75, 3.05) is 41.3 Å². The molecule has 0 spiro atoms. The molecule has 160 valence electrons. The summed E-state index contributed by atoms with van der Waals surface area (Å²) in [5.74, 6) is 0.792. The molecule has 1 N–H and O–H groups in total. The van der Waals surface area contributed by atoms with Crippen molar-refractivity contribution in [1.82, 2.24) is 15.0 Å². The number of alkyl halides is 3. The Morgan fingerprint density at radius 2 is 1.61 bits per heavy atom. The highest BCUT2D eigenvalue weighted by molar-refractivity contribution is 6.04. The fraction of sp³-hybridized carbons (Fsp3) is 0.238. The lowest BCUT2D eigenvalue weighted by molar-refractivity contribution is -0.137. The van der Waals surface area contributed by atoms with Gasteiger partial charge in [0.2, 0.25) is 5.95 Å².